The quantitative estimate of drug-likeness (QED) is 0.544. The molecule has 0 radical (unpaired) electrons. The number of carbonyl (C=O) groups excluding carboxylic acids is 1. The summed E-state index contributed by atoms with van der Waals surface area (Å²) in [5.41, 5.74) is 1.35. The van der Waals surface area contributed by atoms with Gasteiger partial charge in [-0.3, -0.25) is 0 Å². The fourth-order valence-electron chi connectivity index (χ4n) is 1.84. The third-order valence-electron chi connectivity index (χ3n) is 2.94. The molecule has 3 rings (SSSR count). The van der Waals surface area contributed by atoms with Crippen LogP contribution in [0.15, 0.2) is 58.6 Å². The number of esters is 1. The minimum absolute atomic E-state index is 0.368. The van der Waals surface area contributed by atoms with Crippen molar-refractivity contribution >= 4 is 12.2 Å². The molecular formula is C15H12N4O3. The lowest BCUT2D eigenvalue weighted by atomic mass is 10.1. The Labute approximate surface area is 125 Å². The van der Waals surface area contributed by atoms with Crippen molar-refractivity contribution in [1.29, 1.82) is 0 Å². The summed E-state index contributed by atoms with van der Waals surface area (Å²) < 4.78 is 11.8. The monoisotopic (exact) mass is 296 g/mol. The number of rotatable bonds is 4. The summed E-state index contributed by atoms with van der Waals surface area (Å²) in [5.74, 6) is 0.912. The Morgan fingerprint density at radius 3 is 2.59 bits per heavy atom. The van der Waals surface area contributed by atoms with E-state index in [-0.39, 0.29) is 5.97 Å². The Morgan fingerprint density at radius 1 is 1.18 bits per heavy atom. The number of furan rings is 1. The van der Waals surface area contributed by atoms with Crippen molar-refractivity contribution in [2.24, 2.45) is 5.10 Å². The van der Waals surface area contributed by atoms with Crippen LogP contribution >= 0.6 is 0 Å². The molecule has 0 amide bonds. The van der Waals surface area contributed by atoms with Gasteiger partial charge in [0.1, 0.15) is 24.2 Å². The molecule has 0 fully saturated rings. The molecule has 22 heavy (non-hydrogen) atoms. The highest BCUT2D eigenvalue weighted by atomic mass is 16.5. The lowest BCUT2D eigenvalue weighted by molar-refractivity contribution is 0.0601. The summed E-state index contributed by atoms with van der Waals surface area (Å²) in [4.78, 5) is 11.4. The Morgan fingerprint density at radius 2 is 1.91 bits per heavy atom. The minimum atomic E-state index is -0.368. The van der Waals surface area contributed by atoms with Gasteiger partial charge in [-0.2, -0.15) is 5.10 Å². The summed E-state index contributed by atoms with van der Waals surface area (Å²) in [6.45, 7) is 0. The predicted molar refractivity (Wildman–Crippen MR) is 78.5 cm³/mol. The zero-order valence-corrected chi connectivity index (χ0v) is 11.7. The van der Waals surface area contributed by atoms with E-state index in [1.54, 1.807) is 36.5 Å². The zero-order valence-electron chi connectivity index (χ0n) is 11.7. The number of hydrogen-bond donors (Lipinski definition) is 0. The van der Waals surface area contributed by atoms with Crippen molar-refractivity contribution in [3.05, 3.63) is 60.4 Å². The van der Waals surface area contributed by atoms with E-state index >= 15 is 0 Å². The van der Waals surface area contributed by atoms with Gasteiger partial charge >= 0.3 is 5.97 Å². The van der Waals surface area contributed by atoms with Gasteiger partial charge in [0.15, 0.2) is 0 Å². The van der Waals surface area contributed by atoms with Crippen LogP contribution in [0.3, 0.4) is 0 Å². The second kappa shape index (κ2) is 6.04. The molecular weight excluding hydrogens is 284 g/mol. The molecule has 2 aromatic heterocycles. The van der Waals surface area contributed by atoms with Crippen molar-refractivity contribution in [3.8, 4) is 11.3 Å². The van der Waals surface area contributed by atoms with Crippen LogP contribution in [0.2, 0.25) is 0 Å². The van der Waals surface area contributed by atoms with Crippen molar-refractivity contribution in [2.75, 3.05) is 7.11 Å². The van der Waals surface area contributed by atoms with Gasteiger partial charge < -0.3 is 9.15 Å². The first-order valence-electron chi connectivity index (χ1n) is 6.44. The summed E-state index contributed by atoms with van der Waals surface area (Å²) in [5, 5.41) is 11.4. The second-order valence-corrected chi connectivity index (χ2v) is 4.36. The number of carbonyl (C=O) groups is 1. The number of ether oxygens (including phenoxy) is 1. The van der Waals surface area contributed by atoms with Gasteiger partial charge in [-0.15, -0.1) is 10.2 Å². The average Bonchev–Trinajstić information content (AvgIpc) is 3.24. The van der Waals surface area contributed by atoms with Gasteiger partial charge in [0.2, 0.25) is 0 Å². The average molecular weight is 296 g/mol. The zero-order chi connectivity index (χ0) is 15.4. The van der Waals surface area contributed by atoms with Crippen molar-refractivity contribution in [3.63, 3.8) is 0 Å². The Hall–Kier alpha value is -3.22. The van der Waals surface area contributed by atoms with Crippen LogP contribution in [-0.2, 0) is 4.74 Å². The van der Waals surface area contributed by atoms with Crippen LogP contribution in [0.1, 0.15) is 16.1 Å². The number of methoxy groups -OCH3 is 1. The molecule has 7 nitrogen and oxygen atoms in total. The lowest BCUT2D eigenvalue weighted by Gasteiger charge is -2.00. The second-order valence-electron chi connectivity index (χ2n) is 4.36. The van der Waals surface area contributed by atoms with Gasteiger partial charge in [0.25, 0.3) is 0 Å². The first-order chi connectivity index (χ1) is 10.8. The van der Waals surface area contributed by atoms with Crippen LogP contribution in [0.4, 0.5) is 0 Å². The maximum Gasteiger partial charge on any atom is 0.337 e. The first kappa shape index (κ1) is 13.7. The largest absolute Gasteiger partial charge is 0.465 e. The molecule has 0 aliphatic rings. The summed E-state index contributed by atoms with van der Waals surface area (Å²) in [7, 11) is 1.35. The molecule has 0 saturated carbocycles. The van der Waals surface area contributed by atoms with Crippen LogP contribution in [0, 0.1) is 0 Å². The third kappa shape index (κ3) is 2.93. The topological polar surface area (TPSA) is 82.5 Å². The van der Waals surface area contributed by atoms with E-state index in [1.165, 1.54) is 24.4 Å². The summed E-state index contributed by atoms with van der Waals surface area (Å²) >= 11 is 0. The summed E-state index contributed by atoms with van der Waals surface area (Å²) in [6, 6.07) is 10.6. The normalized spacial score (nSPS) is 11.0. The maximum atomic E-state index is 11.4. The molecule has 0 bridgehead atoms. The fourth-order valence-corrected chi connectivity index (χ4v) is 1.84. The van der Waals surface area contributed by atoms with Crippen molar-refractivity contribution in [2.45, 2.75) is 0 Å². The Bertz CT molecular complexity index is 789. The van der Waals surface area contributed by atoms with Gasteiger partial charge in [-0.05, 0) is 24.3 Å². The molecule has 0 atom stereocenters. The van der Waals surface area contributed by atoms with E-state index in [4.69, 9.17) is 4.42 Å². The lowest BCUT2D eigenvalue weighted by Crippen LogP contribution is -2.00. The smallest absolute Gasteiger partial charge is 0.337 e. The van der Waals surface area contributed by atoms with E-state index in [2.05, 4.69) is 20.0 Å². The number of aromatic nitrogens is 3. The van der Waals surface area contributed by atoms with Gasteiger partial charge in [-0.25, -0.2) is 9.47 Å². The van der Waals surface area contributed by atoms with Gasteiger partial charge in [0, 0.05) is 5.56 Å². The van der Waals surface area contributed by atoms with Crippen LogP contribution < -0.4 is 0 Å². The van der Waals surface area contributed by atoms with Crippen LogP contribution in [-0.4, -0.2) is 34.2 Å². The van der Waals surface area contributed by atoms with Crippen LogP contribution in [0.5, 0.6) is 0 Å². The molecule has 2 heterocycles. The molecule has 0 aliphatic carbocycles. The van der Waals surface area contributed by atoms with E-state index < -0.39 is 0 Å². The van der Waals surface area contributed by atoms with Crippen molar-refractivity contribution in [1.82, 2.24) is 14.9 Å². The molecule has 0 aliphatic heterocycles. The Kier molecular flexibility index (Phi) is 3.78. The first-order valence-corrected chi connectivity index (χ1v) is 6.44. The number of nitrogens with zero attached hydrogens (tertiary/aromatic N) is 4. The number of hydrogen-bond acceptors (Lipinski definition) is 6. The highest BCUT2D eigenvalue weighted by Gasteiger charge is 2.07. The molecule has 0 unspecified atom stereocenters. The molecule has 0 spiro atoms. The molecule has 3 aromatic rings. The summed E-state index contributed by atoms with van der Waals surface area (Å²) in [6.07, 6.45) is 4.52. The van der Waals surface area contributed by atoms with Gasteiger partial charge in [-0.1, -0.05) is 12.1 Å². The van der Waals surface area contributed by atoms with Gasteiger partial charge in [0.05, 0.1) is 18.9 Å². The maximum absolute atomic E-state index is 11.4. The fraction of sp³-hybridized carbons (Fsp3) is 0.0667. The van der Waals surface area contributed by atoms with E-state index in [0.717, 1.165) is 5.56 Å². The number of benzene rings is 1. The molecule has 7 heteroatoms. The van der Waals surface area contributed by atoms with Crippen LogP contribution in [0.25, 0.3) is 11.3 Å². The highest BCUT2D eigenvalue weighted by molar-refractivity contribution is 5.89. The highest BCUT2D eigenvalue weighted by Crippen LogP contribution is 2.22. The minimum Gasteiger partial charge on any atom is -0.465 e. The molecule has 0 N–H and O–H groups in total. The molecule has 110 valence electrons. The van der Waals surface area contributed by atoms with E-state index in [1.807, 2.05) is 6.07 Å². The van der Waals surface area contributed by atoms with E-state index in [9.17, 15) is 4.79 Å². The molecule has 0 saturated heterocycles. The predicted octanol–water partition coefficient (Wildman–Crippen LogP) is 2.21. The Balaban J connectivity index is 1.77. The van der Waals surface area contributed by atoms with E-state index in [0.29, 0.717) is 17.1 Å². The van der Waals surface area contributed by atoms with Crippen molar-refractivity contribution < 1.29 is 13.9 Å². The SMILES string of the molecule is COC(=O)c1ccc(-c2ccc(C=Nn3cnnc3)o2)cc1. The third-order valence-corrected chi connectivity index (χ3v) is 2.94. The molecule has 1 aromatic carbocycles. The standard InChI is InChI=1S/C15H12N4O3/c1-21-15(20)12-4-2-11(3-5-12)14-7-6-13(22-14)8-18-19-9-16-17-10-19/h2-10H,1H3.